The molecule has 1 N–H and O–H groups in total. The maximum atomic E-state index is 13.3. The lowest BCUT2D eigenvalue weighted by Crippen LogP contribution is -2.29. The van der Waals surface area contributed by atoms with Crippen molar-refractivity contribution in [2.75, 3.05) is 21.3 Å². The first-order chi connectivity index (χ1) is 16.5. The number of nitrogens with zero attached hydrogens (tertiary/aromatic N) is 2. The molecule has 8 heteroatoms. The molecule has 1 aliphatic rings. The van der Waals surface area contributed by atoms with Crippen LogP contribution in [0.15, 0.2) is 72.6 Å². The van der Waals surface area contributed by atoms with Gasteiger partial charge in [0.05, 0.1) is 32.9 Å². The SMILES string of the molecule is COc1cccc(C2/C(=C(\O)c3c(OC)cccc3OC)C(=O)C(=O)N2Cc2cccnc2)c1. The molecule has 1 atom stereocenters. The molecule has 34 heavy (non-hydrogen) atoms. The Morgan fingerprint density at radius 3 is 2.29 bits per heavy atom. The Morgan fingerprint density at radius 2 is 1.68 bits per heavy atom. The molecular formula is C26H24N2O6. The molecule has 8 nitrogen and oxygen atoms in total. The lowest BCUT2D eigenvalue weighted by molar-refractivity contribution is -0.140. The zero-order valence-corrected chi connectivity index (χ0v) is 19.0. The molecule has 0 saturated carbocycles. The van der Waals surface area contributed by atoms with E-state index in [0.29, 0.717) is 22.8 Å². The zero-order chi connectivity index (χ0) is 24.2. The van der Waals surface area contributed by atoms with Crippen LogP contribution in [0.1, 0.15) is 22.7 Å². The largest absolute Gasteiger partial charge is 0.506 e. The highest BCUT2D eigenvalue weighted by Crippen LogP contribution is 2.44. The number of methoxy groups -OCH3 is 3. The van der Waals surface area contributed by atoms with Crippen molar-refractivity contribution in [3.05, 3.63) is 89.3 Å². The van der Waals surface area contributed by atoms with Crippen molar-refractivity contribution in [2.24, 2.45) is 0 Å². The van der Waals surface area contributed by atoms with Gasteiger partial charge in [-0.05, 0) is 41.5 Å². The van der Waals surface area contributed by atoms with Gasteiger partial charge in [-0.1, -0.05) is 24.3 Å². The maximum absolute atomic E-state index is 13.3. The van der Waals surface area contributed by atoms with Gasteiger partial charge in [-0.3, -0.25) is 14.6 Å². The molecule has 2 aromatic carbocycles. The van der Waals surface area contributed by atoms with Crippen LogP contribution in [-0.2, 0) is 16.1 Å². The monoisotopic (exact) mass is 460 g/mol. The molecular weight excluding hydrogens is 436 g/mol. The molecule has 1 saturated heterocycles. The molecule has 0 bridgehead atoms. The van der Waals surface area contributed by atoms with E-state index in [1.54, 1.807) is 60.9 Å². The highest BCUT2D eigenvalue weighted by Gasteiger charge is 2.46. The number of rotatable bonds is 7. The minimum atomic E-state index is -0.870. The summed E-state index contributed by atoms with van der Waals surface area (Å²) in [4.78, 5) is 32.1. The number of amides is 1. The van der Waals surface area contributed by atoms with E-state index in [4.69, 9.17) is 14.2 Å². The van der Waals surface area contributed by atoms with E-state index in [1.165, 1.54) is 26.2 Å². The van der Waals surface area contributed by atoms with Gasteiger partial charge >= 0.3 is 0 Å². The number of hydrogen-bond acceptors (Lipinski definition) is 7. The number of ether oxygens (including phenoxy) is 3. The fourth-order valence-corrected chi connectivity index (χ4v) is 4.11. The average Bonchev–Trinajstić information content (AvgIpc) is 3.13. The molecule has 0 spiro atoms. The van der Waals surface area contributed by atoms with Crippen molar-refractivity contribution >= 4 is 17.4 Å². The zero-order valence-electron chi connectivity index (χ0n) is 19.0. The van der Waals surface area contributed by atoms with Crippen LogP contribution in [0.2, 0.25) is 0 Å². The van der Waals surface area contributed by atoms with Crippen molar-refractivity contribution in [1.29, 1.82) is 0 Å². The second-order valence-corrected chi connectivity index (χ2v) is 7.60. The van der Waals surface area contributed by atoms with Gasteiger partial charge in [-0.2, -0.15) is 0 Å². The topological polar surface area (TPSA) is 98.2 Å². The van der Waals surface area contributed by atoms with Gasteiger partial charge in [0.15, 0.2) is 0 Å². The summed E-state index contributed by atoms with van der Waals surface area (Å²) in [5.41, 5.74) is 1.48. The van der Waals surface area contributed by atoms with Crippen molar-refractivity contribution in [1.82, 2.24) is 9.88 Å². The van der Waals surface area contributed by atoms with E-state index < -0.39 is 17.7 Å². The Kier molecular flexibility index (Phi) is 6.49. The summed E-state index contributed by atoms with van der Waals surface area (Å²) in [6.45, 7) is 0.125. The third-order valence-electron chi connectivity index (χ3n) is 5.69. The van der Waals surface area contributed by atoms with Crippen LogP contribution >= 0.6 is 0 Å². The highest BCUT2D eigenvalue weighted by atomic mass is 16.5. The third-order valence-corrected chi connectivity index (χ3v) is 5.69. The van der Waals surface area contributed by atoms with Crippen molar-refractivity contribution in [3.63, 3.8) is 0 Å². The summed E-state index contributed by atoms with van der Waals surface area (Å²) < 4.78 is 16.2. The van der Waals surface area contributed by atoms with Gasteiger partial charge in [-0.25, -0.2) is 0 Å². The van der Waals surface area contributed by atoms with E-state index in [1.807, 2.05) is 6.07 Å². The predicted molar refractivity (Wildman–Crippen MR) is 125 cm³/mol. The van der Waals surface area contributed by atoms with Crippen LogP contribution in [0.25, 0.3) is 5.76 Å². The minimum Gasteiger partial charge on any atom is -0.506 e. The number of carbonyl (C=O) groups excluding carboxylic acids is 2. The summed E-state index contributed by atoms with van der Waals surface area (Å²) in [6, 6.07) is 14.7. The first-order valence-corrected chi connectivity index (χ1v) is 10.5. The quantitative estimate of drug-likeness (QED) is 0.326. The molecule has 1 aromatic heterocycles. The van der Waals surface area contributed by atoms with Gasteiger partial charge in [0.25, 0.3) is 11.7 Å². The Hall–Kier alpha value is -4.33. The van der Waals surface area contributed by atoms with Gasteiger partial charge < -0.3 is 24.2 Å². The minimum absolute atomic E-state index is 0.0649. The predicted octanol–water partition coefficient (Wildman–Crippen LogP) is 3.73. The number of ketones is 1. The Balaban J connectivity index is 1.95. The van der Waals surface area contributed by atoms with E-state index >= 15 is 0 Å². The van der Waals surface area contributed by atoms with Gasteiger partial charge in [0, 0.05) is 18.9 Å². The Labute approximate surface area is 197 Å². The molecule has 4 rings (SSSR count). The van der Waals surface area contributed by atoms with Crippen LogP contribution in [0.3, 0.4) is 0 Å². The van der Waals surface area contributed by atoms with Gasteiger partial charge in [0.2, 0.25) is 0 Å². The lowest BCUT2D eigenvalue weighted by atomic mass is 9.94. The number of Topliss-reactive ketones (excluding diaryl/α,β-unsaturated/α-hetero) is 1. The number of carbonyl (C=O) groups is 2. The fraction of sp³-hybridized carbons (Fsp3) is 0.192. The van der Waals surface area contributed by atoms with Crippen LogP contribution in [0.5, 0.6) is 17.2 Å². The number of pyridine rings is 1. The van der Waals surface area contributed by atoms with Gasteiger partial charge in [0.1, 0.15) is 28.6 Å². The molecule has 1 fully saturated rings. The first-order valence-electron chi connectivity index (χ1n) is 10.5. The molecule has 0 radical (unpaired) electrons. The standard InChI is InChI=1S/C26H24N2O6/c1-32-18-9-4-8-17(13-18)23-22(24(29)21-19(33-2)10-5-11-20(21)34-3)25(30)26(31)28(23)15-16-7-6-12-27-14-16/h4-14,23,29H,15H2,1-3H3/b24-22+. The number of aliphatic hydroxyl groups is 1. The molecule has 0 aliphatic carbocycles. The average molecular weight is 460 g/mol. The fourth-order valence-electron chi connectivity index (χ4n) is 4.11. The second-order valence-electron chi connectivity index (χ2n) is 7.60. The Morgan fingerprint density at radius 1 is 0.971 bits per heavy atom. The number of hydrogen-bond donors (Lipinski definition) is 1. The van der Waals surface area contributed by atoms with Crippen LogP contribution in [-0.4, -0.2) is 48.0 Å². The molecule has 1 amide bonds. The third kappa shape index (κ3) is 4.05. The molecule has 1 unspecified atom stereocenters. The van der Waals surface area contributed by atoms with E-state index in [-0.39, 0.29) is 23.4 Å². The summed E-state index contributed by atoms with van der Waals surface area (Å²) >= 11 is 0. The van der Waals surface area contributed by atoms with E-state index in [2.05, 4.69) is 4.98 Å². The number of aromatic nitrogens is 1. The smallest absolute Gasteiger partial charge is 0.295 e. The normalized spacial score (nSPS) is 17.0. The number of aliphatic hydroxyl groups excluding tert-OH is 1. The first kappa shape index (κ1) is 22.8. The van der Waals surface area contributed by atoms with E-state index in [9.17, 15) is 14.7 Å². The number of benzene rings is 2. The van der Waals surface area contributed by atoms with Gasteiger partial charge in [-0.15, -0.1) is 0 Å². The summed E-state index contributed by atoms with van der Waals surface area (Å²) in [7, 11) is 4.43. The maximum Gasteiger partial charge on any atom is 0.295 e. The Bertz CT molecular complexity index is 1230. The van der Waals surface area contributed by atoms with Crippen molar-refractivity contribution in [2.45, 2.75) is 12.6 Å². The highest BCUT2D eigenvalue weighted by molar-refractivity contribution is 6.46. The van der Waals surface area contributed by atoms with Crippen LogP contribution in [0, 0.1) is 0 Å². The molecule has 3 aromatic rings. The van der Waals surface area contributed by atoms with Crippen LogP contribution in [0.4, 0.5) is 0 Å². The van der Waals surface area contributed by atoms with E-state index in [0.717, 1.165) is 5.56 Å². The lowest BCUT2D eigenvalue weighted by Gasteiger charge is -2.26. The van der Waals surface area contributed by atoms with Crippen LogP contribution < -0.4 is 14.2 Å². The summed E-state index contributed by atoms with van der Waals surface area (Å²) in [5, 5.41) is 11.5. The van der Waals surface area contributed by atoms with Crippen molar-refractivity contribution in [3.8, 4) is 17.2 Å². The molecule has 174 valence electrons. The second kappa shape index (κ2) is 9.66. The number of likely N-dealkylation sites (tertiary alicyclic amines) is 1. The molecule has 1 aliphatic heterocycles. The summed E-state index contributed by atoms with van der Waals surface area (Å²) in [6.07, 6.45) is 3.26. The summed E-state index contributed by atoms with van der Waals surface area (Å²) in [5.74, 6) is -0.748. The van der Waals surface area contributed by atoms with Crippen molar-refractivity contribution < 1.29 is 28.9 Å². The molecule has 2 heterocycles.